The summed E-state index contributed by atoms with van der Waals surface area (Å²) >= 11 is 0. The first-order valence-electron chi connectivity index (χ1n) is 7.51. The van der Waals surface area contributed by atoms with E-state index in [0.717, 1.165) is 31.9 Å². The van der Waals surface area contributed by atoms with Gasteiger partial charge in [-0.3, -0.25) is 9.67 Å². The molecular formula is C15H30IN5. The summed E-state index contributed by atoms with van der Waals surface area (Å²) in [6, 6.07) is 0. The fraction of sp³-hybridized carbons (Fsp3) is 0.733. The molecule has 0 amide bonds. The Hall–Kier alpha value is -0.790. The zero-order valence-corrected chi connectivity index (χ0v) is 16.5. The van der Waals surface area contributed by atoms with Gasteiger partial charge in [0.2, 0.25) is 0 Å². The molecule has 0 aliphatic heterocycles. The smallest absolute Gasteiger partial charge is 0.191 e. The first-order valence-corrected chi connectivity index (χ1v) is 7.51. The summed E-state index contributed by atoms with van der Waals surface area (Å²) in [5, 5.41) is 11.3. The van der Waals surface area contributed by atoms with Crippen LogP contribution in [0.4, 0.5) is 0 Å². The van der Waals surface area contributed by atoms with Gasteiger partial charge in [-0.2, -0.15) is 5.10 Å². The third-order valence-corrected chi connectivity index (χ3v) is 3.36. The Morgan fingerprint density at radius 2 is 1.90 bits per heavy atom. The highest BCUT2D eigenvalue weighted by Gasteiger charge is 2.13. The number of nitrogens with zero attached hydrogens (tertiary/aromatic N) is 3. The van der Waals surface area contributed by atoms with E-state index in [9.17, 15) is 0 Å². The van der Waals surface area contributed by atoms with Gasteiger partial charge >= 0.3 is 0 Å². The first-order chi connectivity index (χ1) is 9.53. The molecule has 122 valence electrons. The molecule has 1 aromatic heterocycles. The lowest BCUT2D eigenvalue weighted by molar-refractivity contribution is 0.614. The molecule has 0 spiro atoms. The van der Waals surface area contributed by atoms with E-state index in [-0.39, 0.29) is 24.0 Å². The third-order valence-electron chi connectivity index (χ3n) is 3.36. The van der Waals surface area contributed by atoms with Crippen LogP contribution in [-0.2, 0) is 26.4 Å². The second-order valence-corrected chi connectivity index (χ2v) is 5.40. The number of hydrogen-bond donors (Lipinski definition) is 2. The van der Waals surface area contributed by atoms with Gasteiger partial charge in [-0.1, -0.05) is 27.7 Å². The maximum absolute atomic E-state index is 4.59. The minimum atomic E-state index is 0. The van der Waals surface area contributed by atoms with Gasteiger partial charge in [-0.15, -0.1) is 24.0 Å². The third kappa shape index (κ3) is 5.84. The predicted octanol–water partition coefficient (Wildman–Crippen LogP) is 2.48. The molecule has 0 aromatic carbocycles. The van der Waals surface area contributed by atoms with E-state index in [1.165, 1.54) is 17.0 Å². The van der Waals surface area contributed by atoms with Crippen LogP contribution in [0.5, 0.6) is 0 Å². The van der Waals surface area contributed by atoms with Crippen molar-refractivity contribution in [2.24, 2.45) is 18.0 Å². The van der Waals surface area contributed by atoms with Crippen molar-refractivity contribution >= 4 is 29.9 Å². The highest BCUT2D eigenvalue weighted by Crippen LogP contribution is 2.15. The summed E-state index contributed by atoms with van der Waals surface area (Å²) in [6.45, 7) is 10.4. The van der Waals surface area contributed by atoms with Crippen molar-refractivity contribution in [3.8, 4) is 0 Å². The van der Waals surface area contributed by atoms with Crippen LogP contribution >= 0.6 is 24.0 Å². The van der Waals surface area contributed by atoms with Crippen LogP contribution in [0.3, 0.4) is 0 Å². The number of halogens is 1. The Morgan fingerprint density at radius 1 is 1.24 bits per heavy atom. The Balaban J connectivity index is 0.00000400. The SMILES string of the molecule is CCc1nn(C)c(CC)c1CNC(=NC)NCC(C)C.I. The number of nitrogens with one attached hydrogen (secondary N) is 2. The maximum atomic E-state index is 4.59. The van der Waals surface area contributed by atoms with Gasteiger partial charge in [0.15, 0.2) is 5.96 Å². The number of hydrogen-bond acceptors (Lipinski definition) is 2. The van der Waals surface area contributed by atoms with Crippen molar-refractivity contribution in [3.05, 3.63) is 17.0 Å². The molecule has 0 saturated carbocycles. The molecule has 0 radical (unpaired) electrons. The molecule has 2 N–H and O–H groups in total. The lowest BCUT2D eigenvalue weighted by atomic mass is 10.1. The first kappa shape index (κ1) is 20.2. The van der Waals surface area contributed by atoms with E-state index < -0.39 is 0 Å². The number of aryl methyl sites for hydroxylation is 2. The molecule has 21 heavy (non-hydrogen) atoms. The molecule has 0 saturated heterocycles. The molecule has 0 aliphatic carbocycles. The average Bonchev–Trinajstić information content (AvgIpc) is 2.74. The minimum Gasteiger partial charge on any atom is -0.356 e. The van der Waals surface area contributed by atoms with Crippen LogP contribution < -0.4 is 10.6 Å². The molecule has 0 atom stereocenters. The van der Waals surface area contributed by atoms with Crippen molar-refractivity contribution in [1.29, 1.82) is 0 Å². The Labute approximate surface area is 146 Å². The molecule has 1 aromatic rings. The van der Waals surface area contributed by atoms with Gasteiger partial charge in [0.05, 0.1) is 5.69 Å². The second-order valence-electron chi connectivity index (χ2n) is 5.40. The second kappa shape index (κ2) is 10.0. The van der Waals surface area contributed by atoms with Crippen LogP contribution in [0, 0.1) is 5.92 Å². The van der Waals surface area contributed by atoms with E-state index in [1.54, 1.807) is 7.05 Å². The van der Waals surface area contributed by atoms with Gasteiger partial charge in [0, 0.05) is 38.4 Å². The Bertz CT molecular complexity index is 451. The largest absolute Gasteiger partial charge is 0.356 e. The minimum absolute atomic E-state index is 0. The summed E-state index contributed by atoms with van der Waals surface area (Å²) in [5.41, 5.74) is 3.79. The van der Waals surface area contributed by atoms with Gasteiger partial charge < -0.3 is 10.6 Å². The number of guanidine groups is 1. The molecule has 1 rings (SSSR count). The summed E-state index contributed by atoms with van der Waals surface area (Å²) in [7, 11) is 3.83. The van der Waals surface area contributed by atoms with Crippen molar-refractivity contribution in [1.82, 2.24) is 20.4 Å². The zero-order chi connectivity index (χ0) is 15.1. The Kier molecular flexibility index (Phi) is 9.65. The number of aromatic nitrogens is 2. The molecule has 0 unspecified atom stereocenters. The van der Waals surface area contributed by atoms with Gasteiger partial charge in [0.1, 0.15) is 0 Å². The van der Waals surface area contributed by atoms with Crippen LogP contribution in [0.15, 0.2) is 4.99 Å². The predicted molar refractivity (Wildman–Crippen MR) is 100 cm³/mol. The molecule has 0 fully saturated rings. The van der Waals surface area contributed by atoms with E-state index in [2.05, 4.69) is 48.4 Å². The van der Waals surface area contributed by atoms with E-state index in [4.69, 9.17) is 0 Å². The van der Waals surface area contributed by atoms with E-state index in [0.29, 0.717) is 5.92 Å². The fourth-order valence-corrected chi connectivity index (χ4v) is 2.29. The van der Waals surface area contributed by atoms with Crippen LogP contribution in [0.25, 0.3) is 0 Å². The van der Waals surface area contributed by atoms with E-state index >= 15 is 0 Å². The van der Waals surface area contributed by atoms with Crippen LogP contribution in [0.2, 0.25) is 0 Å². The highest BCUT2D eigenvalue weighted by atomic mass is 127. The average molecular weight is 407 g/mol. The maximum Gasteiger partial charge on any atom is 0.191 e. The molecule has 0 bridgehead atoms. The summed E-state index contributed by atoms with van der Waals surface area (Å²) in [4.78, 5) is 4.26. The van der Waals surface area contributed by atoms with Crippen LogP contribution in [-0.4, -0.2) is 29.3 Å². The summed E-state index contributed by atoms with van der Waals surface area (Å²) in [6.07, 6.45) is 1.96. The summed E-state index contributed by atoms with van der Waals surface area (Å²) in [5.74, 6) is 1.45. The number of rotatable bonds is 6. The Morgan fingerprint density at radius 3 is 2.38 bits per heavy atom. The normalized spacial score (nSPS) is 11.5. The van der Waals surface area contributed by atoms with Gasteiger partial charge in [0.25, 0.3) is 0 Å². The van der Waals surface area contributed by atoms with Crippen molar-refractivity contribution < 1.29 is 0 Å². The fourth-order valence-electron chi connectivity index (χ4n) is 2.29. The molecule has 5 nitrogen and oxygen atoms in total. The van der Waals surface area contributed by atoms with Crippen molar-refractivity contribution in [2.75, 3.05) is 13.6 Å². The zero-order valence-electron chi connectivity index (χ0n) is 14.2. The van der Waals surface area contributed by atoms with Crippen molar-refractivity contribution in [2.45, 2.75) is 47.1 Å². The van der Waals surface area contributed by atoms with Gasteiger partial charge in [-0.25, -0.2) is 0 Å². The topological polar surface area (TPSA) is 54.2 Å². The molecular weight excluding hydrogens is 377 g/mol. The van der Waals surface area contributed by atoms with Crippen LogP contribution in [0.1, 0.15) is 44.6 Å². The number of aliphatic imine (C=N–C) groups is 1. The molecule has 6 heteroatoms. The monoisotopic (exact) mass is 407 g/mol. The quantitative estimate of drug-likeness (QED) is 0.433. The van der Waals surface area contributed by atoms with E-state index in [1.807, 2.05) is 11.7 Å². The molecule has 1 heterocycles. The van der Waals surface area contributed by atoms with Crippen molar-refractivity contribution in [3.63, 3.8) is 0 Å². The summed E-state index contributed by atoms with van der Waals surface area (Å²) < 4.78 is 2.00. The van der Waals surface area contributed by atoms with Gasteiger partial charge in [-0.05, 0) is 18.8 Å². The lowest BCUT2D eigenvalue weighted by Crippen LogP contribution is -2.38. The standard InChI is InChI=1S/C15H29N5.HI/c1-7-13-12(14(8-2)20(6)19-13)10-18-15(16-5)17-9-11(3)4;/h11H,7-10H2,1-6H3,(H2,16,17,18);1H. The highest BCUT2D eigenvalue weighted by molar-refractivity contribution is 14.0. The lowest BCUT2D eigenvalue weighted by Gasteiger charge is -2.14. The molecule has 0 aliphatic rings.